The van der Waals surface area contributed by atoms with Gasteiger partial charge in [-0.15, -0.1) is 29.3 Å². The molecule has 0 aliphatic carbocycles. The minimum atomic E-state index is -3.47. The van der Waals surface area contributed by atoms with E-state index in [1.54, 1.807) is 54.6 Å². The van der Waals surface area contributed by atoms with Gasteiger partial charge in [0.2, 0.25) is 0 Å². The number of phenols is 1. The number of phenolic OH excluding ortho intramolecular Hbond substituents is 1. The summed E-state index contributed by atoms with van der Waals surface area (Å²) in [5.41, 5.74) is 7.27. The monoisotopic (exact) mass is 982 g/mol. The van der Waals surface area contributed by atoms with E-state index in [1.165, 1.54) is 12.1 Å². The molecule has 7 aromatic carbocycles. The molecule has 2 aromatic heterocycles. The topological polar surface area (TPSA) is 50.9 Å². The normalized spacial score (nSPS) is 14.5. The smallest absolute Gasteiger partial charge is 0.148 e. The maximum atomic E-state index is 11.5. The molecule has 0 spiro atoms. The number of imidazole rings is 1. The fraction of sp³-hybridized carbons (Fsp3) is 0.143. The quantitative estimate of drug-likeness (QED) is 0.162. The Morgan fingerprint density at radius 2 is 1.16 bits per heavy atom. The number of para-hydroxylation sites is 2. The SMILES string of the molecule is [2H]C([2H])([2H])C(c1ccc(-n2c(-c3ccccc3O)nc3c(-c4[c-]c(-c5cc(-c6ccc(-c7ccccc7)cc6)ccn5)cc(C(C)(C)C)c4)cccc32)c(-c2ccccc2)c1)(C([2H])([2H])[2H])C([2H])([2H])[2H].[Pt]. The van der Waals surface area contributed by atoms with E-state index in [-0.39, 0.29) is 37.8 Å². The van der Waals surface area contributed by atoms with Crippen molar-refractivity contribution < 1.29 is 38.5 Å². The second-order valence-electron chi connectivity index (χ2n) is 16.1. The zero-order chi connectivity index (χ0) is 49.1. The average molecular weight is 983 g/mol. The number of rotatable bonds is 7. The van der Waals surface area contributed by atoms with Gasteiger partial charge < -0.3 is 5.11 Å². The molecule has 9 aromatic rings. The molecule has 0 amide bonds. The Kier molecular flexibility index (Phi) is 8.58. The fourth-order valence-corrected chi connectivity index (χ4v) is 7.75. The number of hydrogen-bond donors (Lipinski definition) is 1. The summed E-state index contributed by atoms with van der Waals surface area (Å²) in [7, 11) is 0. The van der Waals surface area contributed by atoms with Gasteiger partial charge in [0.25, 0.3) is 0 Å². The Bertz CT molecular complexity index is 3300. The second kappa shape index (κ2) is 16.6. The van der Waals surface area contributed by atoms with Gasteiger partial charge in [-0.2, -0.15) is 0 Å². The number of fused-ring (bicyclic) bond motifs is 1. The largest absolute Gasteiger partial charge is 0.507 e. The van der Waals surface area contributed by atoms with E-state index in [4.69, 9.17) is 22.3 Å². The molecule has 5 heteroatoms. The summed E-state index contributed by atoms with van der Waals surface area (Å²) < 4.78 is 78.4. The second-order valence-corrected chi connectivity index (χ2v) is 16.1. The van der Waals surface area contributed by atoms with Crippen molar-refractivity contribution in [3.05, 3.63) is 193 Å². The molecule has 0 aliphatic rings. The Morgan fingerprint density at radius 1 is 0.541 bits per heavy atom. The van der Waals surface area contributed by atoms with E-state index in [0.29, 0.717) is 39.2 Å². The molecule has 304 valence electrons. The van der Waals surface area contributed by atoms with Gasteiger partial charge in [-0.3, -0.25) is 9.55 Å². The van der Waals surface area contributed by atoms with Crippen molar-refractivity contribution in [2.24, 2.45) is 0 Å². The number of benzene rings is 7. The first-order chi connectivity index (χ1) is 32.7. The maximum absolute atomic E-state index is 11.5. The van der Waals surface area contributed by atoms with Crippen molar-refractivity contribution in [1.29, 1.82) is 0 Å². The van der Waals surface area contributed by atoms with Crippen molar-refractivity contribution >= 4 is 11.0 Å². The minimum absolute atomic E-state index is 0. The van der Waals surface area contributed by atoms with Crippen molar-refractivity contribution in [2.45, 2.75) is 52.2 Å². The number of aromatic hydroxyl groups is 1. The zero-order valence-corrected chi connectivity index (χ0v) is 36.1. The third-order valence-electron chi connectivity index (χ3n) is 11.0. The van der Waals surface area contributed by atoms with Crippen LogP contribution in [0.3, 0.4) is 0 Å². The number of hydrogen-bond acceptors (Lipinski definition) is 3. The van der Waals surface area contributed by atoms with Crippen molar-refractivity contribution in [2.75, 3.05) is 0 Å². The van der Waals surface area contributed by atoms with Gasteiger partial charge in [0.15, 0.2) is 0 Å². The summed E-state index contributed by atoms with van der Waals surface area (Å²) >= 11 is 0. The van der Waals surface area contributed by atoms with Gasteiger partial charge in [-0.05, 0) is 80.6 Å². The van der Waals surface area contributed by atoms with Crippen LogP contribution < -0.4 is 0 Å². The molecule has 0 fully saturated rings. The van der Waals surface area contributed by atoms with Crippen molar-refractivity contribution in [3.63, 3.8) is 0 Å². The summed E-state index contributed by atoms with van der Waals surface area (Å²) in [6.45, 7) is -3.98. The molecule has 61 heavy (non-hydrogen) atoms. The Hall–Kier alpha value is -6.35. The van der Waals surface area contributed by atoms with Crippen LogP contribution in [0.2, 0.25) is 0 Å². The molecule has 1 N–H and O–H groups in total. The van der Waals surface area contributed by atoms with Gasteiger partial charge in [-0.1, -0.05) is 174 Å². The van der Waals surface area contributed by atoms with Crippen molar-refractivity contribution in [3.8, 4) is 78.6 Å². The van der Waals surface area contributed by atoms with E-state index < -0.39 is 26.0 Å². The van der Waals surface area contributed by atoms with Gasteiger partial charge in [0.1, 0.15) is 11.6 Å². The van der Waals surface area contributed by atoms with Crippen LogP contribution in [0.4, 0.5) is 0 Å². The van der Waals surface area contributed by atoms with Gasteiger partial charge in [0.05, 0.1) is 22.3 Å². The molecular weight excluding hydrogens is 926 g/mol. The predicted molar refractivity (Wildman–Crippen MR) is 249 cm³/mol. The summed E-state index contributed by atoms with van der Waals surface area (Å²) in [6, 6.07) is 56.4. The number of pyridine rings is 1. The molecule has 0 atom stereocenters. The first kappa shape index (κ1) is 31.5. The zero-order valence-electron chi connectivity index (χ0n) is 42.8. The molecule has 0 radical (unpaired) electrons. The number of nitrogens with zero attached hydrogens (tertiary/aromatic N) is 3. The Labute approximate surface area is 386 Å². The van der Waals surface area contributed by atoms with Gasteiger partial charge in [-0.25, -0.2) is 4.98 Å². The van der Waals surface area contributed by atoms with Gasteiger partial charge in [0, 0.05) is 50.9 Å². The first-order valence-corrected chi connectivity index (χ1v) is 19.9. The van der Waals surface area contributed by atoms with Crippen LogP contribution in [0.15, 0.2) is 176 Å². The summed E-state index contributed by atoms with van der Waals surface area (Å²) in [6.07, 6.45) is 1.81. The summed E-state index contributed by atoms with van der Waals surface area (Å²) in [5.74, 6) is 0.276. The summed E-state index contributed by atoms with van der Waals surface area (Å²) in [4.78, 5) is 10.1. The molecule has 0 aliphatic heterocycles. The first-order valence-electron chi connectivity index (χ1n) is 24.4. The molecule has 0 saturated carbocycles. The number of aromatic nitrogens is 3. The van der Waals surface area contributed by atoms with E-state index in [1.807, 2.05) is 59.3 Å². The maximum Gasteiger partial charge on any atom is 0.148 e. The standard InChI is InChI=1S/C56H48N3O.Pt/c1-55(2,3)44-28-29-50(48(36-44)40-18-11-8-12-19-40)59-51-22-15-21-46(53(51)58-54(59)47-20-13-14-23-52(47)60)42-32-43(34-45(33-42)56(4,5)6)49-35-41(30-31-57-49)39-26-24-38(25-27-39)37-16-9-7-10-17-37;/h7-31,33-36,60H,1-6H3;/q-1;/i1D3,2D3,3D3;. The van der Waals surface area contributed by atoms with E-state index in [2.05, 4.69) is 81.4 Å². The summed E-state index contributed by atoms with van der Waals surface area (Å²) in [5, 5.41) is 11.5. The molecular formula is C56H48N3OPt-. The van der Waals surface area contributed by atoms with Crippen LogP contribution in [0.1, 0.15) is 64.8 Å². The van der Waals surface area contributed by atoms with Gasteiger partial charge >= 0.3 is 0 Å². The Morgan fingerprint density at radius 3 is 1.85 bits per heavy atom. The Balaban J connectivity index is 0.00000659. The van der Waals surface area contributed by atoms with E-state index in [0.717, 1.165) is 50.2 Å². The van der Waals surface area contributed by atoms with E-state index in [9.17, 15) is 5.11 Å². The van der Waals surface area contributed by atoms with Crippen LogP contribution in [0.25, 0.3) is 83.9 Å². The van der Waals surface area contributed by atoms with Crippen molar-refractivity contribution in [1.82, 2.24) is 14.5 Å². The average Bonchev–Trinajstić information content (AvgIpc) is 3.70. The molecule has 4 nitrogen and oxygen atoms in total. The van der Waals surface area contributed by atoms with Crippen LogP contribution in [0, 0.1) is 6.07 Å². The predicted octanol–water partition coefficient (Wildman–Crippen LogP) is 14.5. The minimum Gasteiger partial charge on any atom is -0.507 e. The van der Waals surface area contributed by atoms with Crippen LogP contribution >= 0.6 is 0 Å². The molecule has 2 heterocycles. The third kappa shape index (κ3) is 8.26. The molecule has 0 saturated heterocycles. The molecule has 0 bridgehead atoms. The molecule has 9 rings (SSSR count). The van der Waals surface area contributed by atoms with E-state index >= 15 is 0 Å². The van der Waals surface area contributed by atoms with Crippen LogP contribution in [-0.4, -0.2) is 19.6 Å². The third-order valence-corrected chi connectivity index (χ3v) is 11.0. The molecule has 0 unspecified atom stereocenters. The fourth-order valence-electron chi connectivity index (χ4n) is 7.75. The van der Waals surface area contributed by atoms with Crippen LogP contribution in [0.5, 0.6) is 5.75 Å². The van der Waals surface area contributed by atoms with Crippen LogP contribution in [-0.2, 0) is 31.9 Å².